The fraction of sp³-hybridized carbons (Fsp3) is 0.652. The highest BCUT2D eigenvalue weighted by atomic mass is 32.1. The predicted molar refractivity (Wildman–Crippen MR) is 121 cm³/mol. The van der Waals surface area contributed by atoms with Crippen molar-refractivity contribution in [3.8, 4) is 0 Å². The van der Waals surface area contributed by atoms with E-state index in [0.29, 0.717) is 10.6 Å². The molecule has 5 nitrogen and oxygen atoms in total. The largest absolute Gasteiger partial charge is 0.397 e. The van der Waals surface area contributed by atoms with E-state index in [1.807, 2.05) is 4.90 Å². The molecule has 0 aromatic carbocycles. The van der Waals surface area contributed by atoms with E-state index in [4.69, 9.17) is 10.7 Å². The summed E-state index contributed by atoms with van der Waals surface area (Å²) in [5, 5.41) is 1.08. The SMILES string of the molecule is CC1CCN(c2nc3sc(C(=O)N4CCCCC4)c(N)c3c3c2CCCC3)CC1. The van der Waals surface area contributed by atoms with Crippen LogP contribution < -0.4 is 10.6 Å². The number of amides is 1. The topological polar surface area (TPSA) is 62.5 Å². The number of carbonyl (C=O) groups excluding carboxylic acids is 1. The predicted octanol–water partition coefficient (Wildman–Crippen LogP) is 4.62. The van der Waals surface area contributed by atoms with Gasteiger partial charge in [-0.25, -0.2) is 4.98 Å². The van der Waals surface area contributed by atoms with E-state index in [1.165, 1.54) is 60.4 Å². The van der Waals surface area contributed by atoms with Crippen molar-refractivity contribution in [2.45, 2.75) is 64.7 Å². The number of hydrogen-bond donors (Lipinski definition) is 1. The lowest BCUT2D eigenvalue weighted by molar-refractivity contribution is 0.0730. The van der Waals surface area contributed by atoms with Gasteiger partial charge in [0.25, 0.3) is 5.91 Å². The van der Waals surface area contributed by atoms with Crippen LogP contribution in [0.3, 0.4) is 0 Å². The zero-order chi connectivity index (χ0) is 20.0. The molecule has 29 heavy (non-hydrogen) atoms. The Morgan fingerprint density at radius 2 is 1.69 bits per heavy atom. The molecule has 1 amide bonds. The van der Waals surface area contributed by atoms with Crippen LogP contribution in [-0.4, -0.2) is 42.0 Å². The molecule has 4 heterocycles. The fourth-order valence-electron chi connectivity index (χ4n) is 5.27. The van der Waals surface area contributed by atoms with Crippen LogP contribution in [0.5, 0.6) is 0 Å². The van der Waals surface area contributed by atoms with E-state index in [-0.39, 0.29) is 5.91 Å². The maximum absolute atomic E-state index is 13.2. The van der Waals surface area contributed by atoms with E-state index in [2.05, 4.69) is 11.8 Å². The Labute approximate surface area is 177 Å². The number of rotatable bonds is 2. The number of fused-ring (bicyclic) bond motifs is 3. The van der Waals surface area contributed by atoms with Gasteiger partial charge in [0.05, 0.1) is 5.69 Å². The highest BCUT2D eigenvalue weighted by Gasteiger charge is 2.29. The molecular formula is C23H32N4OS. The van der Waals surface area contributed by atoms with Crippen molar-refractivity contribution in [1.29, 1.82) is 0 Å². The standard InChI is InChI=1S/C23H32N4OS/c1-15-9-13-26(14-10-15)21-17-8-4-3-7-16(17)18-19(24)20(29-22(18)25-21)23(28)27-11-5-2-6-12-27/h15H,2-14,24H2,1H3. The Morgan fingerprint density at radius 1 is 1.00 bits per heavy atom. The molecule has 5 rings (SSSR count). The number of likely N-dealkylation sites (tertiary alicyclic amines) is 1. The lowest BCUT2D eigenvalue weighted by Gasteiger charge is -2.34. The smallest absolute Gasteiger partial charge is 0.266 e. The van der Waals surface area contributed by atoms with Gasteiger partial charge in [-0.15, -0.1) is 11.3 Å². The number of anilines is 2. The highest BCUT2D eigenvalue weighted by molar-refractivity contribution is 7.21. The number of piperidine rings is 2. The van der Waals surface area contributed by atoms with Crippen LogP contribution >= 0.6 is 11.3 Å². The van der Waals surface area contributed by atoms with Gasteiger partial charge in [-0.3, -0.25) is 4.79 Å². The maximum atomic E-state index is 13.2. The molecule has 6 heteroatoms. The minimum absolute atomic E-state index is 0.114. The molecule has 2 aromatic rings. The van der Waals surface area contributed by atoms with E-state index in [1.54, 1.807) is 0 Å². The van der Waals surface area contributed by atoms with E-state index in [9.17, 15) is 4.79 Å². The van der Waals surface area contributed by atoms with Crippen LogP contribution in [0.25, 0.3) is 10.2 Å². The Hall–Kier alpha value is -1.82. The number of aryl methyl sites for hydroxylation is 1. The average molecular weight is 413 g/mol. The Morgan fingerprint density at radius 3 is 2.41 bits per heavy atom. The summed E-state index contributed by atoms with van der Waals surface area (Å²) in [4.78, 5) is 24.5. The van der Waals surface area contributed by atoms with Crippen LogP contribution in [0.15, 0.2) is 0 Å². The molecular weight excluding hydrogens is 380 g/mol. The number of thiophene rings is 1. The van der Waals surface area contributed by atoms with Gasteiger partial charge in [0, 0.05) is 31.6 Å². The molecule has 0 bridgehead atoms. The second-order valence-corrected chi connectivity index (χ2v) is 10.1. The van der Waals surface area contributed by atoms with Gasteiger partial charge in [0.1, 0.15) is 15.5 Å². The molecule has 0 spiro atoms. The summed E-state index contributed by atoms with van der Waals surface area (Å²) in [6.45, 7) is 6.24. The van der Waals surface area contributed by atoms with Crippen LogP contribution in [0.1, 0.15) is 72.7 Å². The summed E-state index contributed by atoms with van der Waals surface area (Å²) < 4.78 is 0. The first-order chi connectivity index (χ1) is 14.1. The van der Waals surface area contributed by atoms with Crippen molar-refractivity contribution in [2.75, 3.05) is 36.8 Å². The third kappa shape index (κ3) is 3.39. The van der Waals surface area contributed by atoms with Gasteiger partial charge in [-0.2, -0.15) is 0 Å². The van der Waals surface area contributed by atoms with Crippen molar-refractivity contribution in [3.63, 3.8) is 0 Å². The van der Waals surface area contributed by atoms with Gasteiger partial charge in [0.15, 0.2) is 0 Å². The quantitative estimate of drug-likeness (QED) is 0.782. The van der Waals surface area contributed by atoms with Crippen LogP contribution in [0, 0.1) is 5.92 Å². The zero-order valence-corrected chi connectivity index (χ0v) is 18.3. The van der Waals surface area contributed by atoms with Crippen LogP contribution in [-0.2, 0) is 12.8 Å². The number of carbonyl (C=O) groups is 1. The summed E-state index contributed by atoms with van der Waals surface area (Å²) in [5.74, 6) is 2.09. The number of aromatic nitrogens is 1. The second kappa shape index (κ2) is 7.78. The zero-order valence-electron chi connectivity index (χ0n) is 17.5. The normalized spacial score (nSPS) is 20.9. The number of nitrogen functional groups attached to an aromatic ring is 1. The first kappa shape index (κ1) is 19.2. The molecule has 2 fully saturated rings. The monoisotopic (exact) mass is 412 g/mol. The summed E-state index contributed by atoms with van der Waals surface area (Å²) >= 11 is 1.52. The molecule has 3 aliphatic rings. The molecule has 0 radical (unpaired) electrons. The van der Waals surface area contributed by atoms with E-state index < -0.39 is 0 Å². The van der Waals surface area contributed by atoms with E-state index >= 15 is 0 Å². The third-order valence-corrected chi connectivity index (χ3v) is 8.18. The summed E-state index contributed by atoms with van der Waals surface area (Å²) in [5.41, 5.74) is 10.1. The van der Waals surface area contributed by atoms with Crippen molar-refractivity contribution in [2.24, 2.45) is 5.92 Å². The van der Waals surface area contributed by atoms with Crippen molar-refractivity contribution in [1.82, 2.24) is 9.88 Å². The first-order valence-electron chi connectivity index (χ1n) is 11.4. The van der Waals surface area contributed by atoms with Gasteiger partial charge >= 0.3 is 0 Å². The number of pyridine rings is 1. The van der Waals surface area contributed by atoms with Crippen molar-refractivity contribution >= 4 is 39.0 Å². The lowest BCUT2D eigenvalue weighted by Crippen LogP contribution is -2.35. The Balaban J connectivity index is 1.59. The maximum Gasteiger partial charge on any atom is 0.266 e. The van der Waals surface area contributed by atoms with Crippen LogP contribution in [0.4, 0.5) is 11.5 Å². The number of hydrogen-bond acceptors (Lipinski definition) is 5. The van der Waals surface area contributed by atoms with Crippen molar-refractivity contribution in [3.05, 3.63) is 16.0 Å². The minimum Gasteiger partial charge on any atom is -0.397 e. The first-order valence-corrected chi connectivity index (χ1v) is 12.2. The highest BCUT2D eigenvalue weighted by Crippen LogP contribution is 2.43. The van der Waals surface area contributed by atoms with Gasteiger partial charge in [-0.1, -0.05) is 6.92 Å². The van der Waals surface area contributed by atoms with Crippen molar-refractivity contribution < 1.29 is 4.79 Å². The fourth-order valence-corrected chi connectivity index (χ4v) is 6.36. The molecule has 0 atom stereocenters. The summed E-state index contributed by atoms with van der Waals surface area (Å²) in [7, 11) is 0. The Kier molecular flexibility index (Phi) is 5.14. The number of nitrogens with zero attached hydrogens (tertiary/aromatic N) is 3. The summed E-state index contributed by atoms with van der Waals surface area (Å²) in [6.07, 6.45) is 10.5. The molecule has 0 unspecified atom stereocenters. The van der Waals surface area contributed by atoms with Gasteiger partial charge in [0.2, 0.25) is 0 Å². The Bertz CT molecular complexity index is 923. The lowest BCUT2D eigenvalue weighted by atomic mass is 9.89. The summed E-state index contributed by atoms with van der Waals surface area (Å²) in [6, 6.07) is 0. The third-order valence-electron chi connectivity index (χ3n) is 7.09. The molecule has 2 N–H and O–H groups in total. The average Bonchev–Trinajstić information content (AvgIpc) is 3.10. The van der Waals surface area contributed by atoms with Gasteiger partial charge < -0.3 is 15.5 Å². The number of nitrogens with two attached hydrogens (primary N) is 1. The molecule has 156 valence electrons. The van der Waals surface area contributed by atoms with Gasteiger partial charge in [-0.05, 0) is 74.8 Å². The molecule has 2 saturated heterocycles. The van der Waals surface area contributed by atoms with E-state index in [0.717, 1.165) is 68.0 Å². The molecule has 2 aromatic heterocycles. The van der Waals surface area contributed by atoms with Crippen LogP contribution in [0.2, 0.25) is 0 Å². The second-order valence-electron chi connectivity index (χ2n) is 9.15. The minimum atomic E-state index is 0.114. The molecule has 2 aliphatic heterocycles. The molecule has 1 aliphatic carbocycles. The molecule has 0 saturated carbocycles.